The lowest BCUT2D eigenvalue weighted by Crippen LogP contribution is -2.27. The second-order valence-corrected chi connectivity index (χ2v) is 4.24. The van der Waals surface area contributed by atoms with E-state index in [0.29, 0.717) is 5.95 Å². The fourth-order valence-electron chi connectivity index (χ4n) is 0.875. The zero-order valence-corrected chi connectivity index (χ0v) is 10.3. The molecule has 0 saturated carbocycles. The molecular weight excluding hydrogens is 266 g/mol. The molecule has 0 aliphatic carbocycles. The van der Waals surface area contributed by atoms with E-state index in [1.807, 2.05) is 0 Å². The van der Waals surface area contributed by atoms with Gasteiger partial charge in [0.05, 0.1) is 0 Å². The molecule has 8 heteroatoms. The minimum absolute atomic E-state index is 0.0296. The van der Waals surface area contributed by atoms with E-state index in [2.05, 4.69) is 36.0 Å². The predicted octanol–water partition coefficient (Wildman–Crippen LogP) is 0.737. The molecule has 0 aliphatic rings. The fraction of sp³-hybridized carbons (Fsp3) is 0.714. The second-order valence-electron chi connectivity index (χ2n) is 3.84. The highest BCUT2D eigenvalue weighted by molar-refractivity contribution is 9.10. The minimum Gasteiger partial charge on any atom is -0.459 e. The molecule has 0 unspecified atom stereocenters. The predicted molar refractivity (Wildman–Crippen MR) is 56.2 cm³/mol. The Balaban J connectivity index is 2.59. The monoisotopic (exact) mass is 277 g/mol. The van der Waals surface area contributed by atoms with E-state index in [9.17, 15) is 4.79 Å². The SMILES string of the molecule is CC(C)(C)OC(=O)Cn1nnnc1NBr. The highest BCUT2D eigenvalue weighted by atomic mass is 79.9. The number of carbonyl (C=O) groups is 1. The van der Waals surface area contributed by atoms with Gasteiger partial charge in [-0.2, -0.15) is 4.68 Å². The van der Waals surface area contributed by atoms with Crippen molar-refractivity contribution in [3.63, 3.8) is 0 Å². The Bertz CT molecular complexity index is 345. The summed E-state index contributed by atoms with van der Waals surface area (Å²) in [6, 6.07) is 0. The quantitative estimate of drug-likeness (QED) is 0.648. The number of hydrogen-bond donors (Lipinski definition) is 1. The highest BCUT2D eigenvalue weighted by Gasteiger charge is 2.18. The maximum atomic E-state index is 11.4. The molecule has 84 valence electrons. The Hall–Kier alpha value is -1.18. The lowest BCUT2D eigenvalue weighted by Gasteiger charge is -2.19. The molecule has 1 aromatic rings. The van der Waals surface area contributed by atoms with Crippen molar-refractivity contribution in [1.29, 1.82) is 0 Å². The van der Waals surface area contributed by atoms with E-state index >= 15 is 0 Å². The topological polar surface area (TPSA) is 81.9 Å². The van der Waals surface area contributed by atoms with Gasteiger partial charge < -0.3 is 4.74 Å². The van der Waals surface area contributed by atoms with Crippen LogP contribution in [0.5, 0.6) is 0 Å². The van der Waals surface area contributed by atoms with Gasteiger partial charge in [0.15, 0.2) is 0 Å². The summed E-state index contributed by atoms with van der Waals surface area (Å²) in [7, 11) is 0. The summed E-state index contributed by atoms with van der Waals surface area (Å²) in [5, 5.41) is 10.6. The van der Waals surface area contributed by atoms with Gasteiger partial charge in [0, 0.05) is 16.1 Å². The molecule has 0 atom stereocenters. The summed E-state index contributed by atoms with van der Waals surface area (Å²) in [5.41, 5.74) is -0.507. The van der Waals surface area contributed by atoms with Crippen LogP contribution in [0.3, 0.4) is 0 Å². The first-order valence-corrected chi connectivity index (χ1v) is 5.06. The Morgan fingerprint density at radius 1 is 1.60 bits per heavy atom. The van der Waals surface area contributed by atoms with Crippen LogP contribution < -0.4 is 4.34 Å². The lowest BCUT2D eigenvalue weighted by molar-refractivity contribution is -0.155. The number of esters is 1. The molecule has 1 aromatic heterocycles. The fourth-order valence-corrected chi connectivity index (χ4v) is 1.16. The number of nitrogens with zero attached hydrogens (tertiary/aromatic N) is 4. The van der Waals surface area contributed by atoms with Gasteiger partial charge in [-0.05, 0) is 31.2 Å². The molecule has 1 rings (SSSR count). The van der Waals surface area contributed by atoms with Crippen molar-refractivity contribution in [2.75, 3.05) is 4.34 Å². The molecule has 0 fully saturated rings. The Morgan fingerprint density at radius 2 is 2.27 bits per heavy atom. The highest BCUT2D eigenvalue weighted by Crippen LogP contribution is 2.08. The Kier molecular flexibility index (Phi) is 3.61. The van der Waals surface area contributed by atoms with Gasteiger partial charge in [-0.1, -0.05) is 5.10 Å². The van der Waals surface area contributed by atoms with Gasteiger partial charge in [0.2, 0.25) is 0 Å². The van der Waals surface area contributed by atoms with Crippen molar-refractivity contribution in [2.45, 2.75) is 32.9 Å². The summed E-state index contributed by atoms with van der Waals surface area (Å²) < 4.78 is 8.98. The van der Waals surface area contributed by atoms with E-state index in [-0.39, 0.29) is 12.5 Å². The molecular formula is C7H12BrN5O2. The molecule has 0 saturated heterocycles. The number of nitrogens with one attached hydrogen (secondary N) is 1. The van der Waals surface area contributed by atoms with Crippen molar-refractivity contribution in [3.05, 3.63) is 0 Å². The first-order chi connectivity index (χ1) is 6.92. The van der Waals surface area contributed by atoms with Gasteiger partial charge in [-0.15, -0.1) is 0 Å². The third kappa shape index (κ3) is 3.82. The van der Waals surface area contributed by atoms with E-state index < -0.39 is 5.60 Å². The summed E-state index contributed by atoms with van der Waals surface area (Å²) >= 11 is 2.97. The van der Waals surface area contributed by atoms with Crippen LogP contribution in [0, 0.1) is 0 Å². The van der Waals surface area contributed by atoms with E-state index in [1.54, 1.807) is 20.8 Å². The van der Waals surface area contributed by atoms with E-state index in [4.69, 9.17) is 4.74 Å². The minimum atomic E-state index is -0.507. The molecule has 0 aromatic carbocycles. The molecule has 15 heavy (non-hydrogen) atoms. The molecule has 1 heterocycles. The van der Waals surface area contributed by atoms with Crippen molar-refractivity contribution < 1.29 is 9.53 Å². The number of ether oxygens (including phenoxy) is 1. The summed E-state index contributed by atoms with van der Waals surface area (Å²) in [5.74, 6) is -0.0420. The van der Waals surface area contributed by atoms with Crippen LogP contribution in [0.25, 0.3) is 0 Å². The second kappa shape index (κ2) is 4.56. The zero-order chi connectivity index (χ0) is 11.5. The summed E-state index contributed by atoms with van der Waals surface area (Å²) in [4.78, 5) is 11.4. The molecule has 1 N–H and O–H groups in total. The first kappa shape index (κ1) is 11.9. The number of carbonyl (C=O) groups excluding carboxylic acids is 1. The van der Waals surface area contributed by atoms with Gasteiger partial charge in [-0.3, -0.25) is 9.14 Å². The smallest absolute Gasteiger partial charge is 0.328 e. The summed E-state index contributed by atoms with van der Waals surface area (Å²) in [6.45, 7) is 5.37. The van der Waals surface area contributed by atoms with Crippen molar-refractivity contribution >= 4 is 28.1 Å². The Labute approximate surface area is 95.5 Å². The van der Waals surface area contributed by atoms with Crippen LogP contribution in [-0.2, 0) is 16.1 Å². The van der Waals surface area contributed by atoms with Crippen LogP contribution in [0.15, 0.2) is 0 Å². The number of tetrazole rings is 1. The molecule has 0 amide bonds. The standard InChI is InChI=1S/C7H12BrN5O2/c1-7(2,3)15-5(14)4-13-6(9-8)10-11-12-13/h4H2,1-3H3,(H,9,10,12). The number of halogens is 1. The van der Waals surface area contributed by atoms with Gasteiger partial charge in [-0.25, -0.2) is 0 Å². The van der Waals surface area contributed by atoms with Crippen LogP contribution >= 0.6 is 16.1 Å². The van der Waals surface area contributed by atoms with E-state index in [1.165, 1.54) is 4.68 Å². The first-order valence-electron chi connectivity index (χ1n) is 4.27. The van der Waals surface area contributed by atoms with Crippen LogP contribution in [0.1, 0.15) is 20.8 Å². The average molecular weight is 278 g/mol. The third-order valence-electron chi connectivity index (χ3n) is 1.32. The molecule has 0 radical (unpaired) electrons. The number of hydrogen-bond acceptors (Lipinski definition) is 6. The van der Waals surface area contributed by atoms with Crippen LogP contribution in [0.4, 0.5) is 5.95 Å². The molecule has 0 bridgehead atoms. The maximum absolute atomic E-state index is 11.4. The molecule has 0 spiro atoms. The lowest BCUT2D eigenvalue weighted by atomic mass is 10.2. The van der Waals surface area contributed by atoms with Crippen LogP contribution in [0.2, 0.25) is 0 Å². The largest absolute Gasteiger partial charge is 0.459 e. The molecule has 0 aliphatic heterocycles. The normalized spacial score (nSPS) is 11.2. The number of anilines is 1. The van der Waals surface area contributed by atoms with Crippen LogP contribution in [-0.4, -0.2) is 31.8 Å². The van der Waals surface area contributed by atoms with Crippen molar-refractivity contribution in [2.24, 2.45) is 0 Å². The third-order valence-corrected chi connectivity index (χ3v) is 1.67. The van der Waals surface area contributed by atoms with Crippen molar-refractivity contribution in [1.82, 2.24) is 20.2 Å². The van der Waals surface area contributed by atoms with Gasteiger partial charge in [0.25, 0.3) is 5.95 Å². The molecule has 7 nitrogen and oxygen atoms in total. The van der Waals surface area contributed by atoms with Crippen molar-refractivity contribution in [3.8, 4) is 0 Å². The zero-order valence-electron chi connectivity index (χ0n) is 8.69. The summed E-state index contributed by atoms with van der Waals surface area (Å²) in [6.07, 6.45) is 0. The van der Waals surface area contributed by atoms with Gasteiger partial charge >= 0.3 is 5.97 Å². The Morgan fingerprint density at radius 3 is 2.80 bits per heavy atom. The maximum Gasteiger partial charge on any atom is 0.328 e. The van der Waals surface area contributed by atoms with E-state index in [0.717, 1.165) is 0 Å². The average Bonchev–Trinajstić information content (AvgIpc) is 2.48. The number of aromatic nitrogens is 4. The number of rotatable bonds is 3. The van der Waals surface area contributed by atoms with Gasteiger partial charge in [0.1, 0.15) is 12.1 Å².